The van der Waals surface area contributed by atoms with E-state index in [0.29, 0.717) is 12.3 Å². The first-order valence-corrected chi connectivity index (χ1v) is 9.01. The molecule has 0 saturated carbocycles. The molecule has 0 spiro atoms. The van der Waals surface area contributed by atoms with Gasteiger partial charge in [-0.1, -0.05) is 12.1 Å². The standard InChI is InChI=1S/C19H23BrFN3O/c1-5-24(4)12-22-18-11-17(20)19(23-14(18)3)25-13(2)9-15-7-6-8-16(21)10-15/h6-8,10-13H,5,9H2,1-4H3. The Labute approximate surface area is 156 Å². The Hall–Kier alpha value is -1.95. The number of aromatic nitrogens is 1. The van der Waals surface area contributed by atoms with Gasteiger partial charge in [-0.05, 0) is 60.5 Å². The molecule has 2 rings (SSSR count). The molecule has 1 unspecified atom stereocenters. The van der Waals surface area contributed by atoms with Gasteiger partial charge < -0.3 is 9.64 Å². The maximum absolute atomic E-state index is 13.3. The smallest absolute Gasteiger partial charge is 0.228 e. The minimum Gasteiger partial charge on any atom is -0.473 e. The topological polar surface area (TPSA) is 37.7 Å². The highest BCUT2D eigenvalue weighted by Gasteiger charge is 2.13. The Balaban J connectivity index is 2.09. The SMILES string of the molecule is CCN(C)C=Nc1cc(Br)c(OC(C)Cc2cccc(F)c2)nc1C. The van der Waals surface area contributed by atoms with Crippen molar-refractivity contribution in [2.24, 2.45) is 4.99 Å². The molecule has 2 aromatic rings. The van der Waals surface area contributed by atoms with Gasteiger partial charge in [0.15, 0.2) is 0 Å². The normalized spacial score (nSPS) is 12.4. The molecule has 0 saturated heterocycles. The lowest BCUT2D eigenvalue weighted by molar-refractivity contribution is 0.211. The molecule has 0 amide bonds. The monoisotopic (exact) mass is 407 g/mol. The quantitative estimate of drug-likeness (QED) is 0.483. The van der Waals surface area contributed by atoms with Crippen LogP contribution in [0.4, 0.5) is 10.1 Å². The zero-order valence-corrected chi connectivity index (χ0v) is 16.5. The summed E-state index contributed by atoms with van der Waals surface area (Å²) in [4.78, 5) is 10.9. The van der Waals surface area contributed by atoms with Crippen LogP contribution in [0, 0.1) is 12.7 Å². The number of rotatable bonds is 7. The molecule has 1 aromatic heterocycles. The Kier molecular flexibility index (Phi) is 6.93. The van der Waals surface area contributed by atoms with E-state index in [1.807, 2.05) is 37.9 Å². The number of hydrogen-bond acceptors (Lipinski definition) is 3. The number of pyridine rings is 1. The van der Waals surface area contributed by atoms with Crippen LogP contribution in [-0.2, 0) is 6.42 Å². The van der Waals surface area contributed by atoms with Gasteiger partial charge in [-0.25, -0.2) is 14.4 Å². The molecule has 0 fully saturated rings. The molecule has 0 radical (unpaired) electrons. The fourth-order valence-corrected chi connectivity index (χ4v) is 2.63. The zero-order valence-electron chi connectivity index (χ0n) is 15.0. The fourth-order valence-electron chi connectivity index (χ4n) is 2.23. The minimum atomic E-state index is -0.237. The van der Waals surface area contributed by atoms with Crippen molar-refractivity contribution >= 4 is 28.0 Å². The lowest BCUT2D eigenvalue weighted by Crippen LogP contribution is -2.16. The van der Waals surface area contributed by atoms with Gasteiger partial charge in [-0.2, -0.15) is 0 Å². The molecule has 0 bridgehead atoms. The highest BCUT2D eigenvalue weighted by molar-refractivity contribution is 9.10. The third-order valence-electron chi connectivity index (χ3n) is 3.73. The Morgan fingerprint density at radius 2 is 2.16 bits per heavy atom. The Morgan fingerprint density at radius 3 is 2.84 bits per heavy atom. The van der Waals surface area contributed by atoms with Crippen LogP contribution in [0.1, 0.15) is 25.1 Å². The lowest BCUT2D eigenvalue weighted by atomic mass is 10.1. The van der Waals surface area contributed by atoms with Crippen molar-refractivity contribution in [3.05, 3.63) is 51.9 Å². The first kappa shape index (κ1) is 19.4. The molecular weight excluding hydrogens is 385 g/mol. The first-order valence-electron chi connectivity index (χ1n) is 8.21. The Morgan fingerprint density at radius 1 is 1.40 bits per heavy atom. The van der Waals surface area contributed by atoms with Crippen LogP contribution in [0.5, 0.6) is 5.88 Å². The number of halogens is 2. The van der Waals surface area contributed by atoms with Gasteiger partial charge in [0.1, 0.15) is 11.9 Å². The van der Waals surface area contributed by atoms with Crippen molar-refractivity contribution in [3.8, 4) is 5.88 Å². The molecular formula is C19H23BrFN3O. The summed E-state index contributed by atoms with van der Waals surface area (Å²) in [6, 6.07) is 8.45. The van der Waals surface area contributed by atoms with Crippen LogP contribution in [0.15, 0.2) is 39.8 Å². The molecule has 1 atom stereocenters. The summed E-state index contributed by atoms with van der Waals surface area (Å²) < 4.78 is 20.0. The molecule has 134 valence electrons. The van der Waals surface area contributed by atoms with E-state index >= 15 is 0 Å². The molecule has 0 N–H and O–H groups in total. The van der Waals surface area contributed by atoms with E-state index in [2.05, 4.69) is 32.8 Å². The van der Waals surface area contributed by atoms with E-state index in [0.717, 1.165) is 28.0 Å². The van der Waals surface area contributed by atoms with Gasteiger partial charge >= 0.3 is 0 Å². The van der Waals surface area contributed by atoms with Crippen molar-refractivity contribution in [2.45, 2.75) is 33.3 Å². The summed E-state index contributed by atoms with van der Waals surface area (Å²) in [6.45, 7) is 6.78. The molecule has 0 aliphatic carbocycles. The Bertz CT molecular complexity index is 751. The van der Waals surface area contributed by atoms with Crippen LogP contribution < -0.4 is 4.74 Å². The summed E-state index contributed by atoms with van der Waals surface area (Å²) in [5.41, 5.74) is 2.47. The summed E-state index contributed by atoms with van der Waals surface area (Å²) in [6.07, 6.45) is 2.25. The third kappa shape index (κ3) is 5.81. The second-order valence-electron chi connectivity index (χ2n) is 5.96. The van der Waals surface area contributed by atoms with E-state index in [1.54, 1.807) is 12.4 Å². The van der Waals surface area contributed by atoms with Crippen molar-refractivity contribution < 1.29 is 9.13 Å². The number of aliphatic imine (C=N–C) groups is 1. The molecule has 1 aromatic carbocycles. The largest absolute Gasteiger partial charge is 0.473 e. The number of aryl methyl sites for hydroxylation is 1. The van der Waals surface area contributed by atoms with Crippen LogP contribution in [-0.4, -0.2) is 35.9 Å². The average molecular weight is 408 g/mol. The number of benzene rings is 1. The fraction of sp³-hybridized carbons (Fsp3) is 0.368. The maximum Gasteiger partial charge on any atom is 0.228 e. The predicted molar refractivity (Wildman–Crippen MR) is 103 cm³/mol. The number of nitrogens with zero attached hydrogens (tertiary/aromatic N) is 3. The van der Waals surface area contributed by atoms with Crippen molar-refractivity contribution in [1.29, 1.82) is 0 Å². The van der Waals surface area contributed by atoms with Gasteiger partial charge in [-0.3, -0.25) is 0 Å². The van der Waals surface area contributed by atoms with Crippen molar-refractivity contribution in [2.75, 3.05) is 13.6 Å². The molecule has 0 aliphatic heterocycles. The van der Waals surface area contributed by atoms with Crippen LogP contribution in [0.3, 0.4) is 0 Å². The van der Waals surface area contributed by atoms with Gasteiger partial charge in [-0.15, -0.1) is 0 Å². The van der Waals surface area contributed by atoms with Gasteiger partial charge in [0.25, 0.3) is 0 Å². The summed E-state index contributed by atoms with van der Waals surface area (Å²) in [5.74, 6) is 0.281. The average Bonchev–Trinajstić information content (AvgIpc) is 2.56. The molecule has 4 nitrogen and oxygen atoms in total. The maximum atomic E-state index is 13.3. The molecule has 25 heavy (non-hydrogen) atoms. The van der Waals surface area contributed by atoms with Gasteiger partial charge in [0.2, 0.25) is 5.88 Å². The predicted octanol–water partition coefficient (Wildman–Crippen LogP) is 4.91. The van der Waals surface area contributed by atoms with Crippen LogP contribution in [0.25, 0.3) is 0 Å². The van der Waals surface area contributed by atoms with E-state index in [-0.39, 0.29) is 11.9 Å². The molecule has 0 aliphatic rings. The highest BCUT2D eigenvalue weighted by Crippen LogP contribution is 2.30. The molecule has 6 heteroatoms. The number of hydrogen-bond donors (Lipinski definition) is 0. The van der Waals surface area contributed by atoms with Gasteiger partial charge in [0, 0.05) is 20.0 Å². The first-order chi connectivity index (χ1) is 11.9. The summed E-state index contributed by atoms with van der Waals surface area (Å²) in [7, 11) is 1.97. The second kappa shape index (κ2) is 8.94. The van der Waals surface area contributed by atoms with Crippen LogP contribution >= 0.6 is 15.9 Å². The summed E-state index contributed by atoms with van der Waals surface area (Å²) in [5, 5.41) is 0. The van der Waals surface area contributed by atoms with E-state index < -0.39 is 0 Å². The van der Waals surface area contributed by atoms with E-state index in [4.69, 9.17) is 4.74 Å². The zero-order chi connectivity index (χ0) is 18.4. The second-order valence-corrected chi connectivity index (χ2v) is 6.81. The van der Waals surface area contributed by atoms with Crippen molar-refractivity contribution in [1.82, 2.24) is 9.88 Å². The molecule has 1 heterocycles. The third-order valence-corrected chi connectivity index (χ3v) is 4.29. The van der Waals surface area contributed by atoms with Gasteiger partial charge in [0.05, 0.1) is 22.2 Å². The van der Waals surface area contributed by atoms with E-state index in [9.17, 15) is 4.39 Å². The van der Waals surface area contributed by atoms with Crippen LogP contribution in [0.2, 0.25) is 0 Å². The minimum absolute atomic E-state index is 0.134. The number of ether oxygens (including phenoxy) is 1. The van der Waals surface area contributed by atoms with E-state index in [1.165, 1.54) is 12.1 Å². The van der Waals surface area contributed by atoms with Crippen molar-refractivity contribution in [3.63, 3.8) is 0 Å². The summed E-state index contributed by atoms with van der Waals surface area (Å²) >= 11 is 3.50. The lowest BCUT2D eigenvalue weighted by Gasteiger charge is -2.16. The highest BCUT2D eigenvalue weighted by atomic mass is 79.9.